The molecule has 3 aromatic rings. The van der Waals surface area contributed by atoms with Crippen LogP contribution < -0.4 is 10.9 Å². The number of hydrogen-bond acceptors (Lipinski definition) is 4. The number of anilines is 1. The van der Waals surface area contributed by atoms with Crippen LogP contribution in [-0.4, -0.2) is 15.9 Å². The fraction of sp³-hybridized carbons (Fsp3) is 0.118. The molecule has 0 atom stereocenters. The molecule has 0 aliphatic heterocycles. The minimum atomic E-state index is -0.264. The van der Waals surface area contributed by atoms with Gasteiger partial charge >= 0.3 is 0 Å². The minimum Gasteiger partial charge on any atom is -0.472 e. The average Bonchev–Trinajstić information content (AvgIpc) is 3.09. The van der Waals surface area contributed by atoms with Crippen molar-refractivity contribution in [2.24, 2.45) is 0 Å². The molecule has 0 radical (unpaired) electrons. The van der Waals surface area contributed by atoms with Gasteiger partial charge in [-0.25, -0.2) is 4.98 Å². The van der Waals surface area contributed by atoms with Crippen LogP contribution in [0.25, 0.3) is 11.4 Å². The molecular weight excluding hydrogens is 294 g/mol. The topological polar surface area (TPSA) is 88.0 Å². The van der Waals surface area contributed by atoms with Gasteiger partial charge in [0.05, 0.1) is 11.8 Å². The zero-order valence-corrected chi connectivity index (χ0v) is 12.5. The second kappa shape index (κ2) is 6.31. The van der Waals surface area contributed by atoms with Gasteiger partial charge in [-0.05, 0) is 24.6 Å². The van der Waals surface area contributed by atoms with Crippen molar-refractivity contribution in [3.05, 3.63) is 70.5 Å². The number of furan rings is 1. The second-order valence-corrected chi connectivity index (χ2v) is 4.99. The first-order valence-corrected chi connectivity index (χ1v) is 7.20. The summed E-state index contributed by atoms with van der Waals surface area (Å²) in [6.07, 6.45) is 3.49. The Morgan fingerprint density at radius 2 is 2.17 bits per heavy atom. The smallest absolute Gasteiger partial charge is 0.258 e. The molecule has 116 valence electrons. The van der Waals surface area contributed by atoms with Crippen molar-refractivity contribution in [2.75, 3.05) is 5.32 Å². The Balaban J connectivity index is 1.89. The zero-order valence-electron chi connectivity index (χ0n) is 12.5. The molecule has 0 bridgehead atoms. The number of aryl methyl sites for hydroxylation is 1. The fourth-order valence-corrected chi connectivity index (χ4v) is 2.17. The van der Waals surface area contributed by atoms with E-state index in [9.17, 15) is 9.59 Å². The summed E-state index contributed by atoms with van der Waals surface area (Å²) in [5.74, 6) is 0.216. The van der Waals surface area contributed by atoms with Crippen molar-refractivity contribution in [2.45, 2.75) is 13.3 Å². The molecule has 23 heavy (non-hydrogen) atoms. The molecule has 1 aromatic carbocycles. The highest BCUT2D eigenvalue weighted by atomic mass is 16.3. The summed E-state index contributed by atoms with van der Waals surface area (Å²) in [4.78, 5) is 30.8. The standard InChI is InChI=1S/C17H15N3O3/c1-2-13-9-15(21)20-16(18-13)11-4-3-5-14(8-11)19-17(22)12-6-7-23-10-12/h3-10H,2H2,1H3,(H,19,22)(H,18,20,21). The first-order valence-electron chi connectivity index (χ1n) is 7.20. The number of rotatable bonds is 4. The van der Waals surface area contributed by atoms with Crippen LogP contribution in [0.2, 0.25) is 0 Å². The van der Waals surface area contributed by atoms with Gasteiger partial charge in [0, 0.05) is 23.0 Å². The predicted octanol–water partition coefficient (Wildman–Crippen LogP) is 2.84. The third kappa shape index (κ3) is 3.37. The van der Waals surface area contributed by atoms with Gasteiger partial charge < -0.3 is 14.7 Å². The van der Waals surface area contributed by atoms with Crippen LogP contribution in [0.1, 0.15) is 23.0 Å². The van der Waals surface area contributed by atoms with Crippen molar-refractivity contribution in [3.8, 4) is 11.4 Å². The molecule has 2 heterocycles. The van der Waals surface area contributed by atoms with Gasteiger partial charge in [-0.2, -0.15) is 0 Å². The Kier molecular flexibility index (Phi) is 4.05. The number of H-pyrrole nitrogens is 1. The van der Waals surface area contributed by atoms with Crippen LogP contribution in [0.4, 0.5) is 5.69 Å². The second-order valence-electron chi connectivity index (χ2n) is 4.99. The Labute approximate surface area is 132 Å². The van der Waals surface area contributed by atoms with Gasteiger partial charge in [-0.15, -0.1) is 0 Å². The summed E-state index contributed by atoms with van der Waals surface area (Å²) >= 11 is 0. The molecule has 0 saturated heterocycles. The lowest BCUT2D eigenvalue weighted by molar-refractivity contribution is 0.102. The number of benzene rings is 1. The van der Waals surface area contributed by atoms with E-state index in [1.54, 1.807) is 24.3 Å². The van der Waals surface area contributed by atoms with Crippen LogP contribution in [-0.2, 0) is 6.42 Å². The highest BCUT2D eigenvalue weighted by molar-refractivity contribution is 6.04. The SMILES string of the molecule is CCc1cc(=O)[nH]c(-c2cccc(NC(=O)c3ccoc3)c2)n1. The van der Waals surface area contributed by atoms with Gasteiger partial charge in [-0.1, -0.05) is 19.1 Å². The molecule has 6 nitrogen and oxygen atoms in total. The predicted molar refractivity (Wildman–Crippen MR) is 86.3 cm³/mol. The molecule has 3 rings (SSSR count). The van der Waals surface area contributed by atoms with E-state index in [1.807, 2.05) is 13.0 Å². The van der Waals surface area contributed by atoms with E-state index in [-0.39, 0.29) is 11.5 Å². The largest absolute Gasteiger partial charge is 0.472 e. The number of amides is 1. The molecule has 0 unspecified atom stereocenters. The molecule has 0 aliphatic rings. The van der Waals surface area contributed by atoms with E-state index in [4.69, 9.17) is 4.42 Å². The fourth-order valence-electron chi connectivity index (χ4n) is 2.17. The average molecular weight is 309 g/mol. The zero-order chi connectivity index (χ0) is 16.2. The van der Waals surface area contributed by atoms with Gasteiger partial charge in [0.25, 0.3) is 11.5 Å². The van der Waals surface area contributed by atoms with Gasteiger partial charge in [0.2, 0.25) is 0 Å². The maximum absolute atomic E-state index is 12.0. The Bertz CT molecular complexity index is 882. The van der Waals surface area contributed by atoms with Crippen molar-refractivity contribution in [1.29, 1.82) is 0 Å². The van der Waals surface area contributed by atoms with Crippen LogP contribution in [0.3, 0.4) is 0 Å². The van der Waals surface area contributed by atoms with Crippen molar-refractivity contribution < 1.29 is 9.21 Å². The summed E-state index contributed by atoms with van der Waals surface area (Å²) in [7, 11) is 0. The van der Waals surface area contributed by atoms with Gasteiger partial charge in [0.1, 0.15) is 12.1 Å². The molecule has 0 saturated carbocycles. The third-order valence-electron chi connectivity index (χ3n) is 3.33. The number of hydrogen-bond donors (Lipinski definition) is 2. The normalized spacial score (nSPS) is 10.5. The van der Waals surface area contributed by atoms with Crippen molar-refractivity contribution >= 4 is 11.6 Å². The van der Waals surface area contributed by atoms with E-state index in [2.05, 4.69) is 15.3 Å². The first kappa shape index (κ1) is 14.8. The Hall–Kier alpha value is -3.15. The minimum absolute atomic E-state index is 0.195. The number of nitrogens with zero attached hydrogens (tertiary/aromatic N) is 1. The highest BCUT2D eigenvalue weighted by Gasteiger charge is 2.09. The van der Waals surface area contributed by atoms with Gasteiger partial charge in [0.15, 0.2) is 0 Å². The molecule has 0 spiro atoms. The molecule has 2 N–H and O–H groups in total. The molecule has 1 amide bonds. The lowest BCUT2D eigenvalue weighted by atomic mass is 10.1. The molecule has 0 fully saturated rings. The summed E-state index contributed by atoms with van der Waals surface area (Å²) in [6.45, 7) is 1.94. The quantitative estimate of drug-likeness (QED) is 0.775. The van der Waals surface area contributed by atoms with E-state index >= 15 is 0 Å². The molecule has 2 aromatic heterocycles. The van der Waals surface area contributed by atoms with E-state index in [0.29, 0.717) is 23.5 Å². The summed E-state index contributed by atoms with van der Waals surface area (Å²) < 4.78 is 4.89. The molecular formula is C17H15N3O3. The van der Waals surface area contributed by atoms with E-state index in [1.165, 1.54) is 18.6 Å². The van der Waals surface area contributed by atoms with Crippen molar-refractivity contribution in [1.82, 2.24) is 9.97 Å². The van der Waals surface area contributed by atoms with Gasteiger partial charge in [-0.3, -0.25) is 9.59 Å². The lowest BCUT2D eigenvalue weighted by Gasteiger charge is -2.07. The van der Waals surface area contributed by atoms with E-state index < -0.39 is 0 Å². The summed E-state index contributed by atoms with van der Waals surface area (Å²) in [6, 6.07) is 10.2. The Morgan fingerprint density at radius 3 is 2.91 bits per heavy atom. The van der Waals surface area contributed by atoms with Crippen LogP contribution >= 0.6 is 0 Å². The number of nitrogens with one attached hydrogen (secondary N) is 2. The summed E-state index contributed by atoms with van der Waals surface area (Å²) in [5, 5.41) is 2.78. The van der Waals surface area contributed by atoms with E-state index in [0.717, 1.165) is 11.3 Å². The highest BCUT2D eigenvalue weighted by Crippen LogP contribution is 2.19. The summed E-state index contributed by atoms with van der Waals surface area (Å²) in [5.41, 5.74) is 2.30. The number of aromatic nitrogens is 2. The maximum atomic E-state index is 12.0. The third-order valence-corrected chi connectivity index (χ3v) is 3.33. The van der Waals surface area contributed by atoms with Crippen molar-refractivity contribution in [3.63, 3.8) is 0 Å². The number of aromatic amines is 1. The lowest BCUT2D eigenvalue weighted by Crippen LogP contribution is -2.12. The number of carbonyl (C=O) groups is 1. The van der Waals surface area contributed by atoms with Crippen LogP contribution in [0, 0.1) is 0 Å². The molecule has 0 aliphatic carbocycles. The first-order chi connectivity index (χ1) is 11.2. The van der Waals surface area contributed by atoms with Crippen LogP contribution in [0.5, 0.6) is 0 Å². The maximum Gasteiger partial charge on any atom is 0.258 e. The Morgan fingerprint density at radius 1 is 1.30 bits per heavy atom. The van der Waals surface area contributed by atoms with Crippen LogP contribution in [0.15, 0.2) is 58.1 Å². The number of carbonyl (C=O) groups excluding carboxylic acids is 1. The monoisotopic (exact) mass is 309 g/mol. The molecule has 6 heteroatoms.